The molecule has 0 aromatic heterocycles. The van der Waals surface area contributed by atoms with E-state index >= 15 is 0 Å². The number of nitrogens with one attached hydrogen (secondary N) is 1. The van der Waals surface area contributed by atoms with Crippen molar-refractivity contribution in [1.29, 1.82) is 0 Å². The van der Waals surface area contributed by atoms with Gasteiger partial charge in [0.05, 0.1) is 5.56 Å². The fraction of sp³-hybridized carbons (Fsp3) is 0.533. The molecule has 2 rings (SSSR count). The Kier molecular flexibility index (Phi) is 4.88. The number of carbonyl (C=O) groups excluding carboxylic acids is 1. The van der Waals surface area contributed by atoms with Crippen molar-refractivity contribution >= 4 is 5.91 Å². The molecule has 1 aromatic carbocycles. The molecule has 3 nitrogen and oxygen atoms in total. The van der Waals surface area contributed by atoms with E-state index in [-0.39, 0.29) is 29.9 Å². The minimum atomic E-state index is -4.40. The Bertz CT molecular complexity index is 485. The van der Waals surface area contributed by atoms with E-state index in [9.17, 15) is 23.1 Å². The molecule has 116 valence electrons. The first-order valence-electron chi connectivity index (χ1n) is 6.98. The van der Waals surface area contributed by atoms with E-state index in [1.165, 1.54) is 12.1 Å². The van der Waals surface area contributed by atoms with Crippen LogP contribution in [-0.4, -0.2) is 24.2 Å². The molecule has 0 spiro atoms. The Hall–Kier alpha value is -1.56. The Morgan fingerprint density at radius 2 is 1.81 bits per heavy atom. The fourth-order valence-electron chi connectivity index (χ4n) is 2.76. The third-order valence-corrected chi connectivity index (χ3v) is 4.05. The van der Waals surface area contributed by atoms with Crippen LogP contribution in [0.1, 0.15) is 35.2 Å². The molecule has 1 saturated carbocycles. The van der Waals surface area contributed by atoms with Crippen molar-refractivity contribution in [1.82, 2.24) is 5.32 Å². The van der Waals surface area contributed by atoms with E-state index in [1.807, 2.05) is 0 Å². The van der Waals surface area contributed by atoms with Gasteiger partial charge < -0.3 is 10.4 Å². The van der Waals surface area contributed by atoms with E-state index in [1.54, 1.807) is 0 Å². The summed E-state index contributed by atoms with van der Waals surface area (Å²) in [5, 5.41) is 11.9. The summed E-state index contributed by atoms with van der Waals surface area (Å²) in [6.45, 7) is 0.561. The van der Waals surface area contributed by atoms with Gasteiger partial charge in [-0.2, -0.15) is 13.2 Å². The molecular weight excluding hydrogens is 283 g/mol. The number of alkyl halides is 3. The maximum absolute atomic E-state index is 12.4. The number of aliphatic hydroxyl groups is 1. The van der Waals surface area contributed by atoms with Gasteiger partial charge in [0.25, 0.3) is 5.91 Å². The molecular formula is C15H18F3NO2. The fourth-order valence-corrected chi connectivity index (χ4v) is 2.76. The number of aliphatic hydroxyl groups excluding tert-OH is 1. The number of hydrogen-bond acceptors (Lipinski definition) is 2. The highest BCUT2D eigenvalue weighted by Gasteiger charge is 2.30. The number of halogens is 3. The molecule has 1 aromatic rings. The number of benzene rings is 1. The Labute approximate surface area is 121 Å². The quantitative estimate of drug-likeness (QED) is 0.898. The topological polar surface area (TPSA) is 49.3 Å². The van der Waals surface area contributed by atoms with Gasteiger partial charge in [0.15, 0.2) is 0 Å². The first-order chi connectivity index (χ1) is 9.91. The second kappa shape index (κ2) is 6.47. The number of carbonyl (C=O) groups is 1. The lowest BCUT2D eigenvalue weighted by molar-refractivity contribution is -0.137. The average molecular weight is 301 g/mol. The predicted octanol–water partition coefficient (Wildman–Crippen LogP) is 2.84. The SMILES string of the molecule is O=C(NCC1CCCC1CO)c1ccc(C(F)(F)F)cc1. The Balaban J connectivity index is 1.91. The highest BCUT2D eigenvalue weighted by molar-refractivity contribution is 5.94. The molecule has 2 unspecified atom stereocenters. The van der Waals surface area contributed by atoms with Gasteiger partial charge in [-0.1, -0.05) is 6.42 Å². The molecule has 1 aliphatic rings. The molecule has 0 saturated heterocycles. The summed E-state index contributed by atoms with van der Waals surface area (Å²) in [4.78, 5) is 11.9. The normalized spacial score (nSPS) is 22.3. The lowest BCUT2D eigenvalue weighted by Gasteiger charge is -2.17. The van der Waals surface area contributed by atoms with Crippen LogP contribution in [0.15, 0.2) is 24.3 Å². The Morgan fingerprint density at radius 1 is 1.19 bits per heavy atom. The van der Waals surface area contributed by atoms with Crippen LogP contribution in [0.25, 0.3) is 0 Å². The van der Waals surface area contributed by atoms with Crippen LogP contribution in [-0.2, 0) is 6.18 Å². The standard InChI is InChI=1S/C15H18F3NO2/c16-15(17,18)13-6-4-10(5-7-13)14(21)19-8-11-2-1-3-12(11)9-20/h4-7,11-12,20H,1-3,8-9H2,(H,19,21). The molecule has 2 atom stereocenters. The summed E-state index contributed by atoms with van der Waals surface area (Å²) in [5.74, 6) is 0.0682. The summed E-state index contributed by atoms with van der Waals surface area (Å²) in [6, 6.07) is 4.16. The monoisotopic (exact) mass is 301 g/mol. The smallest absolute Gasteiger partial charge is 0.396 e. The molecule has 1 amide bonds. The summed E-state index contributed by atoms with van der Waals surface area (Å²) in [6.07, 6.45) is -1.45. The highest BCUT2D eigenvalue weighted by atomic mass is 19.4. The number of rotatable bonds is 4. The molecule has 0 aliphatic heterocycles. The van der Waals surface area contributed by atoms with E-state index in [4.69, 9.17) is 0 Å². The van der Waals surface area contributed by atoms with E-state index < -0.39 is 11.7 Å². The number of hydrogen-bond donors (Lipinski definition) is 2. The minimum Gasteiger partial charge on any atom is -0.396 e. The molecule has 6 heteroatoms. The van der Waals surface area contributed by atoms with Crippen LogP contribution in [0.4, 0.5) is 13.2 Å². The van der Waals surface area contributed by atoms with Crippen LogP contribution in [0.2, 0.25) is 0 Å². The molecule has 0 bridgehead atoms. The summed E-state index contributed by atoms with van der Waals surface area (Å²) < 4.78 is 37.3. The Morgan fingerprint density at radius 3 is 2.38 bits per heavy atom. The van der Waals surface area contributed by atoms with Gasteiger partial charge in [0.1, 0.15) is 0 Å². The lowest BCUT2D eigenvalue weighted by Crippen LogP contribution is -2.31. The second-order valence-corrected chi connectivity index (χ2v) is 5.42. The second-order valence-electron chi connectivity index (χ2n) is 5.42. The van der Waals surface area contributed by atoms with Gasteiger partial charge in [-0.15, -0.1) is 0 Å². The van der Waals surface area contributed by atoms with Crippen molar-refractivity contribution < 1.29 is 23.1 Å². The molecule has 2 N–H and O–H groups in total. The third kappa shape index (κ3) is 3.97. The zero-order valence-electron chi connectivity index (χ0n) is 11.5. The van der Waals surface area contributed by atoms with Crippen LogP contribution < -0.4 is 5.32 Å². The maximum Gasteiger partial charge on any atom is 0.416 e. The van der Waals surface area contributed by atoms with E-state index in [0.717, 1.165) is 31.4 Å². The minimum absolute atomic E-state index is 0.112. The average Bonchev–Trinajstić information content (AvgIpc) is 2.91. The van der Waals surface area contributed by atoms with Crippen molar-refractivity contribution in [3.63, 3.8) is 0 Å². The van der Waals surface area contributed by atoms with Gasteiger partial charge in [-0.3, -0.25) is 4.79 Å². The summed E-state index contributed by atoms with van der Waals surface area (Å²) in [7, 11) is 0. The molecule has 0 heterocycles. The van der Waals surface area contributed by atoms with Crippen LogP contribution in [0, 0.1) is 11.8 Å². The molecule has 21 heavy (non-hydrogen) atoms. The van der Waals surface area contributed by atoms with E-state index in [0.29, 0.717) is 6.54 Å². The number of amides is 1. The van der Waals surface area contributed by atoms with Gasteiger partial charge in [-0.25, -0.2) is 0 Å². The van der Waals surface area contributed by atoms with Crippen molar-refractivity contribution in [3.8, 4) is 0 Å². The van der Waals surface area contributed by atoms with Gasteiger partial charge in [0.2, 0.25) is 0 Å². The lowest BCUT2D eigenvalue weighted by atomic mass is 9.97. The highest BCUT2D eigenvalue weighted by Crippen LogP contribution is 2.31. The molecule has 1 fully saturated rings. The van der Waals surface area contributed by atoms with Gasteiger partial charge >= 0.3 is 6.18 Å². The third-order valence-electron chi connectivity index (χ3n) is 4.05. The summed E-state index contributed by atoms with van der Waals surface area (Å²) >= 11 is 0. The molecule has 0 radical (unpaired) electrons. The summed E-state index contributed by atoms with van der Waals surface area (Å²) in [5.41, 5.74) is -0.559. The largest absolute Gasteiger partial charge is 0.416 e. The van der Waals surface area contributed by atoms with Crippen LogP contribution in [0.3, 0.4) is 0 Å². The predicted molar refractivity (Wildman–Crippen MR) is 71.7 cm³/mol. The van der Waals surface area contributed by atoms with Crippen LogP contribution in [0.5, 0.6) is 0 Å². The zero-order valence-corrected chi connectivity index (χ0v) is 11.5. The first-order valence-corrected chi connectivity index (χ1v) is 6.98. The first kappa shape index (κ1) is 15.8. The molecule has 1 aliphatic carbocycles. The zero-order chi connectivity index (χ0) is 15.5. The van der Waals surface area contributed by atoms with Crippen molar-refractivity contribution in [2.45, 2.75) is 25.4 Å². The maximum atomic E-state index is 12.4. The van der Waals surface area contributed by atoms with E-state index in [2.05, 4.69) is 5.32 Å². The van der Waals surface area contributed by atoms with Crippen molar-refractivity contribution in [2.75, 3.05) is 13.2 Å². The van der Waals surface area contributed by atoms with Gasteiger partial charge in [-0.05, 0) is 48.9 Å². The van der Waals surface area contributed by atoms with Crippen LogP contribution >= 0.6 is 0 Å². The van der Waals surface area contributed by atoms with Gasteiger partial charge in [0, 0.05) is 18.7 Å². The van der Waals surface area contributed by atoms with Crippen molar-refractivity contribution in [3.05, 3.63) is 35.4 Å². The van der Waals surface area contributed by atoms with Crippen molar-refractivity contribution in [2.24, 2.45) is 11.8 Å².